The van der Waals surface area contributed by atoms with Crippen molar-refractivity contribution in [1.29, 1.82) is 0 Å². The van der Waals surface area contributed by atoms with Gasteiger partial charge in [-0.3, -0.25) is 0 Å². The maximum atomic E-state index is 6.51. The highest BCUT2D eigenvalue weighted by Crippen LogP contribution is 2.38. The Kier molecular flexibility index (Phi) is 6.04. The van der Waals surface area contributed by atoms with E-state index >= 15 is 0 Å². The third kappa shape index (κ3) is 4.04. The molecule has 0 N–H and O–H groups in total. The molecule has 0 saturated carbocycles. The molecule has 204 valence electrons. The van der Waals surface area contributed by atoms with Crippen LogP contribution >= 0.6 is 0 Å². The molecule has 2 aliphatic heterocycles. The molecule has 0 aliphatic carbocycles. The van der Waals surface area contributed by atoms with Crippen molar-refractivity contribution >= 4 is 44.6 Å². The van der Waals surface area contributed by atoms with Crippen LogP contribution in [0.25, 0.3) is 43.8 Å². The lowest BCUT2D eigenvalue weighted by Gasteiger charge is -2.33. The van der Waals surface area contributed by atoms with Gasteiger partial charge in [-0.2, -0.15) is 0 Å². The van der Waals surface area contributed by atoms with E-state index < -0.39 is 0 Å². The second kappa shape index (κ2) is 10.2. The summed E-state index contributed by atoms with van der Waals surface area (Å²) in [6, 6.07) is 49.6. The van der Waals surface area contributed by atoms with Gasteiger partial charge in [0.1, 0.15) is 23.0 Å². The summed E-state index contributed by atoms with van der Waals surface area (Å²) in [5.74, 6) is 3.51. The van der Waals surface area contributed by atoms with E-state index in [1.54, 1.807) is 0 Å². The molecule has 2 aliphatic rings. The summed E-state index contributed by atoms with van der Waals surface area (Å²) in [7, 11) is 0. The van der Waals surface area contributed by atoms with Gasteiger partial charge < -0.3 is 9.47 Å². The number of ether oxygens (including phenoxy) is 2. The smallest absolute Gasteiger partial charge is 0.260 e. The fraction of sp³-hybridized carbons (Fsp3) is 0.0500. The summed E-state index contributed by atoms with van der Waals surface area (Å²) >= 11 is 0. The molecule has 7 aromatic carbocycles. The highest BCUT2D eigenvalue weighted by Gasteiger charge is 2.40. The van der Waals surface area contributed by atoms with Crippen LogP contribution in [0.2, 0.25) is 0 Å². The maximum Gasteiger partial charge on any atom is 0.260 e. The third-order valence-electron chi connectivity index (χ3n) is 8.60. The Bertz CT molecular complexity index is 2020. The Hall–Kier alpha value is -5.28. The van der Waals surface area contributed by atoms with Crippen molar-refractivity contribution in [2.75, 3.05) is 0 Å². The molecular formula is C40H29BO2. The topological polar surface area (TPSA) is 18.5 Å². The predicted octanol–water partition coefficient (Wildman–Crippen LogP) is 9.08. The van der Waals surface area contributed by atoms with Crippen molar-refractivity contribution < 1.29 is 9.47 Å². The zero-order chi connectivity index (χ0) is 28.9. The summed E-state index contributed by atoms with van der Waals surface area (Å²) in [5.41, 5.74) is 8.23. The van der Waals surface area contributed by atoms with Crippen LogP contribution in [0.1, 0.15) is 13.8 Å². The van der Waals surface area contributed by atoms with Gasteiger partial charge in [0.15, 0.2) is 0 Å². The van der Waals surface area contributed by atoms with Crippen LogP contribution in [-0.4, -0.2) is 6.71 Å². The monoisotopic (exact) mass is 552 g/mol. The Labute approximate surface area is 252 Å². The van der Waals surface area contributed by atoms with Crippen molar-refractivity contribution in [1.82, 2.24) is 0 Å². The van der Waals surface area contributed by atoms with Crippen molar-refractivity contribution in [2.45, 2.75) is 13.8 Å². The van der Waals surface area contributed by atoms with Gasteiger partial charge in [-0.1, -0.05) is 129 Å². The average Bonchev–Trinajstić information content (AvgIpc) is 3.08. The van der Waals surface area contributed by atoms with Crippen molar-refractivity contribution in [3.8, 4) is 45.3 Å². The Morgan fingerprint density at radius 2 is 0.860 bits per heavy atom. The molecule has 0 aromatic heterocycles. The Morgan fingerprint density at radius 1 is 0.419 bits per heavy atom. The molecule has 0 amide bonds. The summed E-state index contributed by atoms with van der Waals surface area (Å²) in [5, 5.41) is 4.97. The van der Waals surface area contributed by atoms with E-state index in [1.807, 2.05) is 19.9 Å². The van der Waals surface area contributed by atoms with Gasteiger partial charge in [0, 0.05) is 5.46 Å². The summed E-state index contributed by atoms with van der Waals surface area (Å²) < 4.78 is 13.0. The molecule has 0 saturated heterocycles. The summed E-state index contributed by atoms with van der Waals surface area (Å²) in [4.78, 5) is 0. The van der Waals surface area contributed by atoms with E-state index in [0.29, 0.717) is 0 Å². The number of fused-ring (bicyclic) bond motifs is 6. The first-order chi connectivity index (χ1) is 21.3. The molecular weight excluding hydrogens is 523 g/mol. The van der Waals surface area contributed by atoms with Crippen molar-refractivity contribution in [3.63, 3.8) is 0 Å². The van der Waals surface area contributed by atoms with Crippen molar-refractivity contribution in [3.05, 3.63) is 140 Å². The predicted molar refractivity (Wildman–Crippen MR) is 181 cm³/mol. The van der Waals surface area contributed by atoms with Crippen LogP contribution < -0.4 is 25.9 Å². The minimum Gasteiger partial charge on any atom is -0.458 e. The van der Waals surface area contributed by atoms with E-state index in [4.69, 9.17) is 9.47 Å². The molecule has 0 unspecified atom stereocenters. The largest absolute Gasteiger partial charge is 0.458 e. The number of hydrogen-bond acceptors (Lipinski definition) is 2. The third-order valence-corrected chi connectivity index (χ3v) is 8.60. The second-order valence-corrected chi connectivity index (χ2v) is 10.9. The highest BCUT2D eigenvalue weighted by molar-refractivity contribution is 6.98. The first-order valence-electron chi connectivity index (χ1n) is 15.0. The fourth-order valence-electron chi connectivity index (χ4n) is 6.73. The summed E-state index contributed by atoms with van der Waals surface area (Å²) in [6.07, 6.45) is 0. The number of rotatable bonds is 2. The first kappa shape index (κ1) is 25.4. The minimum atomic E-state index is -0.00134. The molecule has 3 heteroatoms. The van der Waals surface area contributed by atoms with Gasteiger partial charge in [-0.25, -0.2) is 0 Å². The molecule has 2 heterocycles. The molecule has 43 heavy (non-hydrogen) atoms. The SMILES string of the molecule is CC.c1cc2c3c(c1)Oc1ccc(-c4cccc5ccccc45)cc1B3c1cc(-c3cccc4ccccc34)ccc1O2. The van der Waals surface area contributed by atoms with Crippen molar-refractivity contribution in [2.24, 2.45) is 0 Å². The van der Waals surface area contributed by atoms with E-state index in [1.165, 1.54) is 43.8 Å². The molecule has 0 spiro atoms. The van der Waals surface area contributed by atoms with E-state index in [2.05, 4.69) is 133 Å². The van der Waals surface area contributed by atoms with E-state index in [-0.39, 0.29) is 6.71 Å². The summed E-state index contributed by atoms with van der Waals surface area (Å²) in [6.45, 7) is 4.00. The molecule has 0 fully saturated rings. The molecule has 7 aromatic rings. The Balaban J connectivity index is 0.00000136. The van der Waals surface area contributed by atoms with Crippen LogP contribution in [0.15, 0.2) is 140 Å². The lowest BCUT2D eigenvalue weighted by Crippen LogP contribution is -2.57. The van der Waals surface area contributed by atoms with Gasteiger partial charge in [0.05, 0.1) is 0 Å². The minimum absolute atomic E-state index is 0.00134. The quantitative estimate of drug-likeness (QED) is 0.199. The van der Waals surface area contributed by atoms with Gasteiger partial charge >= 0.3 is 0 Å². The van der Waals surface area contributed by atoms with E-state index in [0.717, 1.165) is 39.4 Å². The second-order valence-electron chi connectivity index (χ2n) is 10.9. The molecule has 0 bridgehead atoms. The number of hydrogen-bond donors (Lipinski definition) is 0. The zero-order valence-electron chi connectivity index (χ0n) is 24.2. The molecule has 2 nitrogen and oxygen atoms in total. The fourth-order valence-corrected chi connectivity index (χ4v) is 6.73. The zero-order valence-corrected chi connectivity index (χ0v) is 24.2. The van der Waals surface area contributed by atoms with Crippen LogP contribution in [0.5, 0.6) is 23.0 Å². The highest BCUT2D eigenvalue weighted by atomic mass is 16.5. The molecule has 0 atom stereocenters. The van der Waals surface area contributed by atoms with Gasteiger partial charge in [-0.15, -0.1) is 0 Å². The lowest BCUT2D eigenvalue weighted by molar-refractivity contribution is 0.464. The van der Waals surface area contributed by atoms with Gasteiger partial charge in [0.2, 0.25) is 0 Å². The maximum absolute atomic E-state index is 6.51. The normalized spacial score (nSPS) is 12.3. The lowest BCUT2D eigenvalue weighted by atomic mass is 9.34. The van der Waals surface area contributed by atoms with Gasteiger partial charge in [0.25, 0.3) is 6.71 Å². The van der Waals surface area contributed by atoms with Crippen LogP contribution in [0.3, 0.4) is 0 Å². The standard InChI is InChI=1S/C38H23BO2.C2H6/c1-3-12-28-24(8-1)10-5-14-30(28)26-18-20-34-32(22-26)39-33-23-27(31-15-6-11-25-9-2-4-13-29(25)31)19-21-35(33)41-37-17-7-16-36(40-34)38(37)39;1-2/h1-23H;1-2H3. The number of benzene rings is 7. The van der Waals surface area contributed by atoms with Gasteiger partial charge in [-0.05, 0) is 79.0 Å². The van der Waals surface area contributed by atoms with Crippen LogP contribution in [-0.2, 0) is 0 Å². The van der Waals surface area contributed by atoms with Crippen LogP contribution in [0, 0.1) is 0 Å². The van der Waals surface area contributed by atoms with Crippen LogP contribution in [0.4, 0.5) is 0 Å². The van der Waals surface area contributed by atoms with E-state index in [9.17, 15) is 0 Å². The Morgan fingerprint density at radius 3 is 1.37 bits per heavy atom. The first-order valence-corrected chi connectivity index (χ1v) is 15.0. The average molecular weight is 552 g/mol. The molecule has 9 rings (SSSR count). The molecule has 0 radical (unpaired) electrons.